The third kappa shape index (κ3) is 3.02. The minimum atomic E-state index is -0.407. The molecule has 6 heteroatoms. The zero-order chi connectivity index (χ0) is 12.3. The van der Waals surface area contributed by atoms with E-state index in [4.69, 9.17) is 10.5 Å². The number of nitrogens with one attached hydrogen (secondary N) is 1. The second kappa shape index (κ2) is 5.57. The number of hydrogen-bond donors (Lipinski definition) is 2. The van der Waals surface area contributed by atoms with E-state index in [1.54, 1.807) is 18.3 Å². The van der Waals surface area contributed by atoms with E-state index in [1.165, 1.54) is 0 Å². The van der Waals surface area contributed by atoms with Crippen molar-refractivity contribution in [3.63, 3.8) is 0 Å². The van der Waals surface area contributed by atoms with Crippen LogP contribution in [0, 0.1) is 0 Å². The van der Waals surface area contributed by atoms with E-state index in [1.807, 2.05) is 0 Å². The number of anilines is 1. The van der Waals surface area contributed by atoms with Crippen molar-refractivity contribution in [2.24, 2.45) is 5.73 Å². The highest BCUT2D eigenvalue weighted by Crippen LogP contribution is 2.23. The maximum absolute atomic E-state index is 11.9. The third-order valence-electron chi connectivity index (χ3n) is 2.68. The number of pyridine rings is 1. The molecular weight excluding hydrogens is 286 g/mol. The van der Waals surface area contributed by atoms with E-state index in [0.29, 0.717) is 23.3 Å². The fourth-order valence-electron chi connectivity index (χ4n) is 1.76. The van der Waals surface area contributed by atoms with Gasteiger partial charge in [0.2, 0.25) is 0 Å². The molecule has 17 heavy (non-hydrogen) atoms. The quantitative estimate of drug-likeness (QED) is 0.825. The Hall–Kier alpha value is -0.980. The molecule has 1 fully saturated rings. The number of carbonyl (C=O) groups excluding carboxylic acids is 1. The normalized spacial score (nSPS) is 23.6. The van der Waals surface area contributed by atoms with Gasteiger partial charge < -0.3 is 15.8 Å². The molecule has 1 saturated heterocycles. The number of rotatable bonds is 3. The van der Waals surface area contributed by atoms with Gasteiger partial charge in [-0.25, -0.2) is 4.98 Å². The second-order valence-electron chi connectivity index (χ2n) is 3.89. The summed E-state index contributed by atoms with van der Waals surface area (Å²) in [5.41, 5.74) is 6.15. The summed E-state index contributed by atoms with van der Waals surface area (Å²) in [6, 6.07) is 3.54. The Balaban J connectivity index is 1.96. The Kier molecular flexibility index (Phi) is 4.09. The van der Waals surface area contributed by atoms with Crippen molar-refractivity contribution < 1.29 is 9.53 Å². The minimum Gasteiger partial charge on any atom is -0.364 e. The van der Waals surface area contributed by atoms with Crippen molar-refractivity contribution in [3.05, 3.63) is 22.9 Å². The molecule has 0 radical (unpaired) electrons. The standard InChI is InChI=1S/C11H14BrN3O2/c12-10-8(2-1-5-14-10)15-11(16)9-4-3-7(6-13)17-9/h1-2,5,7,9H,3-4,6,13H2,(H,15,16). The van der Waals surface area contributed by atoms with Crippen molar-refractivity contribution in [2.45, 2.75) is 25.0 Å². The van der Waals surface area contributed by atoms with Gasteiger partial charge in [0.05, 0.1) is 11.8 Å². The molecule has 1 amide bonds. The van der Waals surface area contributed by atoms with Crippen LogP contribution in [0.25, 0.3) is 0 Å². The van der Waals surface area contributed by atoms with Gasteiger partial charge in [-0.1, -0.05) is 0 Å². The van der Waals surface area contributed by atoms with Crippen molar-refractivity contribution in [1.82, 2.24) is 4.98 Å². The fourth-order valence-corrected chi connectivity index (χ4v) is 2.11. The number of aromatic nitrogens is 1. The van der Waals surface area contributed by atoms with Gasteiger partial charge in [0.1, 0.15) is 10.7 Å². The van der Waals surface area contributed by atoms with E-state index < -0.39 is 6.10 Å². The third-order valence-corrected chi connectivity index (χ3v) is 3.31. The van der Waals surface area contributed by atoms with Gasteiger partial charge >= 0.3 is 0 Å². The molecule has 1 aliphatic heterocycles. The van der Waals surface area contributed by atoms with Crippen LogP contribution in [0.1, 0.15) is 12.8 Å². The summed E-state index contributed by atoms with van der Waals surface area (Å²) in [4.78, 5) is 15.9. The first-order valence-corrected chi connectivity index (χ1v) is 6.27. The molecule has 2 unspecified atom stereocenters. The maximum atomic E-state index is 11.9. The molecule has 0 aromatic carbocycles. The van der Waals surface area contributed by atoms with Crippen LogP contribution < -0.4 is 11.1 Å². The second-order valence-corrected chi connectivity index (χ2v) is 4.64. The molecule has 3 N–H and O–H groups in total. The fraction of sp³-hybridized carbons (Fsp3) is 0.455. The number of hydrogen-bond acceptors (Lipinski definition) is 4. The lowest BCUT2D eigenvalue weighted by Gasteiger charge is -2.13. The van der Waals surface area contributed by atoms with Crippen LogP contribution in [0.5, 0.6) is 0 Å². The lowest BCUT2D eigenvalue weighted by atomic mass is 10.2. The van der Waals surface area contributed by atoms with Crippen LogP contribution in [0.2, 0.25) is 0 Å². The SMILES string of the molecule is NCC1CCC(C(=O)Nc2cccnc2Br)O1. The molecule has 0 spiro atoms. The average molecular weight is 300 g/mol. The van der Waals surface area contributed by atoms with Gasteiger partial charge in [-0.3, -0.25) is 4.79 Å². The lowest BCUT2D eigenvalue weighted by molar-refractivity contribution is -0.126. The lowest BCUT2D eigenvalue weighted by Crippen LogP contribution is -2.29. The minimum absolute atomic E-state index is 0.00286. The Morgan fingerprint density at radius 3 is 3.12 bits per heavy atom. The van der Waals surface area contributed by atoms with Crippen molar-refractivity contribution >= 4 is 27.5 Å². The molecule has 2 atom stereocenters. The molecule has 1 aromatic heterocycles. The van der Waals surface area contributed by atoms with Gasteiger partial charge in [-0.2, -0.15) is 0 Å². The Morgan fingerprint density at radius 1 is 1.65 bits per heavy atom. The van der Waals surface area contributed by atoms with Crippen LogP contribution in [0.4, 0.5) is 5.69 Å². The van der Waals surface area contributed by atoms with E-state index >= 15 is 0 Å². The Labute approximate surface area is 108 Å². The summed E-state index contributed by atoms with van der Waals surface area (Å²) in [5.74, 6) is -0.144. The zero-order valence-electron chi connectivity index (χ0n) is 9.23. The molecule has 1 aromatic rings. The molecule has 0 aliphatic carbocycles. The van der Waals surface area contributed by atoms with Gasteiger partial charge in [0.15, 0.2) is 0 Å². The summed E-state index contributed by atoms with van der Waals surface area (Å²) in [6.07, 6.45) is 2.80. The van der Waals surface area contributed by atoms with Gasteiger partial charge in [0.25, 0.3) is 5.91 Å². The molecule has 92 valence electrons. The maximum Gasteiger partial charge on any atom is 0.253 e. The van der Waals surface area contributed by atoms with Crippen LogP contribution in [0.15, 0.2) is 22.9 Å². The highest BCUT2D eigenvalue weighted by molar-refractivity contribution is 9.10. The first kappa shape index (κ1) is 12.5. The highest BCUT2D eigenvalue weighted by Gasteiger charge is 2.30. The number of ether oxygens (including phenoxy) is 1. The number of amides is 1. The predicted molar refractivity (Wildman–Crippen MR) is 67.5 cm³/mol. The van der Waals surface area contributed by atoms with Gasteiger partial charge in [0, 0.05) is 12.7 Å². The summed E-state index contributed by atoms with van der Waals surface area (Å²) < 4.78 is 6.12. The molecule has 2 rings (SSSR count). The van der Waals surface area contributed by atoms with E-state index in [-0.39, 0.29) is 12.0 Å². The van der Waals surface area contributed by atoms with Crippen LogP contribution in [-0.2, 0) is 9.53 Å². The van der Waals surface area contributed by atoms with E-state index in [0.717, 1.165) is 6.42 Å². The first-order chi connectivity index (χ1) is 8.20. The largest absolute Gasteiger partial charge is 0.364 e. The number of halogens is 1. The topological polar surface area (TPSA) is 77.2 Å². The molecule has 2 heterocycles. The van der Waals surface area contributed by atoms with E-state index in [9.17, 15) is 4.79 Å². The van der Waals surface area contributed by atoms with Crippen molar-refractivity contribution in [3.8, 4) is 0 Å². The summed E-state index contributed by atoms with van der Waals surface area (Å²) >= 11 is 3.27. The Bertz CT molecular complexity index is 413. The van der Waals surface area contributed by atoms with Crippen molar-refractivity contribution in [1.29, 1.82) is 0 Å². The zero-order valence-corrected chi connectivity index (χ0v) is 10.8. The molecule has 5 nitrogen and oxygen atoms in total. The Morgan fingerprint density at radius 2 is 2.47 bits per heavy atom. The molecule has 0 bridgehead atoms. The number of nitrogens with zero attached hydrogens (tertiary/aromatic N) is 1. The number of nitrogens with two attached hydrogens (primary N) is 1. The molecule has 0 saturated carbocycles. The predicted octanol–water partition coefficient (Wildman–Crippen LogP) is 1.29. The number of carbonyl (C=O) groups is 1. The smallest absolute Gasteiger partial charge is 0.253 e. The average Bonchev–Trinajstić information content (AvgIpc) is 2.81. The van der Waals surface area contributed by atoms with Gasteiger partial charge in [-0.05, 0) is 40.9 Å². The van der Waals surface area contributed by atoms with Gasteiger partial charge in [-0.15, -0.1) is 0 Å². The van der Waals surface area contributed by atoms with E-state index in [2.05, 4.69) is 26.2 Å². The molecule has 1 aliphatic rings. The highest BCUT2D eigenvalue weighted by atomic mass is 79.9. The van der Waals surface area contributed by atoms with Crippen LogP contribution in [0.3, 0.4) is 0 Å². The summed E-state index contributed by atoms with van der Waals surface area (Å²) in [7, 11) is 0. The van der Waals surface area contributed by atoms with Crippen LogP contribution in [-0.4, -0.2) is 29.6 Å². The van der Waals surface area contributed by atoms with Crippen LogP contribution >= 0.6 is 15.9 Å². The monoisotopic (exact) mass is 299 g/mol. The molecular formula is C11H14BrN3O2. The summed E-state index contributed by atoms with van der Waals surface area (Å²) in [6.45, 7) is 0.459. The van der Waals surface area contributed by atoms with Crippen molar-refractivity contribution in [2.75, 3.05) is 11.9 Å². The summed E-state index contributed by atoms with van der Waals surface area (Å²) in [5, 5.41) is 2.78. The first-order valence-electron chi connectivity index (χ1n) is 5.47.